The van der Waals surface area contributed by atoms with Crippen molar-refractivity contribution in [1.29, 1.82) is 0 Å². The van der Waals surface area contributed by atoms with Gasteiger partial charge in [-0.25, -0.2) is 4.98 Å². The number of aromatic nitrogens is 3. The summed E-state index contributed by atoms with van der Waals surface area (Å²) in [4.78, 5) is 14.9. The first kappa shape index (κ1) is 11.8. The molecule has 0 amide bonds. The zero-order chi connectivity index (χ0) is 12.4. The van der Waals surface area contributed by atoms with Gasteiger partial charge in [0.15, 0.2) is 0 Å². The van der Waals surface area contributed by atoms with Crippen molar-refractivity contribution in [3.8, 4) is 10.6 Å². The normalized spacial score (nSPS) is 10.7. The summed E-state index contributed by atoms with van der Waals surface area (Å²) in [5.41, 5.74) is 2.78. The molecule has 0 saturated carbocycles. The molecule has 0 atom stereocenters. The molecule has 0 aliphatic heterocycles. The van der Waals surface area contributed by atoms with Crippen LogP contribution < -0.4 is 0 Å². The minimum absolute atomic E-state index is 0.120. The van der Waals surface area contributed by atoms with Crippen molar-refractivity contribution in [2.24, 2.45) is 7.05 Å². The van der Waals surface area contributed by atoms with Crippen LogP contribution in [0.15, 0.2) is 11.6 Å². The Hall–Kier alpha value is -1.69. The first-order valence-electron chi connectivity index (χ1n) is 5.23. The SMILES string of the molecule is Cc1nn(C)cc1-c1nc(CCC(=O)O)cs1. The van der Waals surface area contributed by atoms with Gasteiger partial charge >= 0.3 is 5.97 Å². The van der Waals surface area contributed by atoms with Gasteiger partial charge in [-0.3, -0.25) is 9.48 Å². The van der Waals surface area contributed by atoms with Crippen LogP contribution in [0.4, 0.5) is 0 Å². The summed E-state index contributed by atoms with van der Waals surface area (Å²) in [5, 5.41) is 15.7. The summed E-state index contributed by atoms with van der Waals surface area (Å²) in [7, 11) is 1.87. The van der Waals surface area contributed by atoms with Gasteiger partial charge in [0.05, 0.1) is 23.4 Å². The number of aliphatic carboxylic acids is 1. The van der Waals surface area contributed by atoms with E-state index < -0.39 is 5.97 Å². The highest BCUT2D eigenvalue weighted by Crippen LogP contribution is 2.26. The predicted molar refractivity (Wildman–Crippen MR) is 65.0 cm³/mol. The zero-order valence-electron chi connectivity index (χ0n) is 9.67. The molecule has 90 valence electrons. The molecule has 5 nitrogen and oxygen atoms in total. The molecule has 2 heterocycles. The highest BCUT2D eigenvalue weighted by Gasteiger charge is 2.11. The zero-order valence-corrected chi connectivity index (χ0v) is 10.5. The molecule has 1 N–H and O–H groups in total. The Labute approximate surface area is 103 Å². The maximum atomic E-state index is 10.5. The minimum atomic E-state index is -0.794. The van der Waals surface area contributed by atoms with Gasteiger partial charge in [0.1, 0.15) is 5.01 Å². The number of hydrogen-bond acceptors (Lipinski definition) is 4. The molecule has 6 heteroatoms. The van der Waals surface area contributed by atoms with Crippen molar-refractivity contribution in [3.05, 3.63) is 23.0 Å². The van der Waals surface area contributed by atoms with Gasteiger partial charge in [0.2, 0.25) is 0 Å². The molecule has 17 heavy (non-hydrogen) atoms. The highest BCUT2D eigenvalue weighted by atomic mass is 32.1. The number of nitrogens with zero attached hydrogens (tertiary/aromatic N) is 3. The monoisotopic (exact) mass is 251 g/mol. The van der Waals surface area contributed by atoms with Crippen LogP contribution in [0.2, 0.25) is 0 Å². The summed E-state index contributed by atoms with van der Waals surface area (Å²) in [5.74, 6) is -0.794. The summed E-state index contributed by atoms with van der Waals surface area (Å²) >= 11 is 1.52. The second kappa shape index (κ2) is 4.67. The van der Waals surface area contributed by atoms with E-state index in [1.807, 2.05) is 25.5 Å². The second-order valence-corrected chi connectivity index (χ2v) is 4.70. The van der Waals surface area contributed by atoms with Crippen LogP contribution in [0.5, 0.6) is 0 Å². The van der Waals surface area contributed by atoms with Crippen LogP contribution in [-0.2, 0) is 18.3 Å². The predicted octanol–water partition coefficient (Wildman–Crippen LogP) is 1.87. The van der Waals surface area contributed by atoms with Gasteiger partial charge in [-0.05, 0) is 6.92 Å². The van der Waals surface area contributed by atoms with Crippen LogP contribution in [0.3, 0.4) is 0 Å². The van der Waals surface area contributed by atoms with E-state index in [0.717, 1.165) is 22.0 Å². The quantitative estimate of drug-likeness (QED) is 0.900. The summed E-state index contributed by atoms with van der Waals surface area (Å²) in [6.07, 6.45) is 2.52. The molecule has 2 aromatic rings. The standard InChI is InChI=1S/C11H13N3O2S/c1-7-9(5-14(2)13-7)11-12-8(6-17-11)3-4-10(15)16/h5-6H,3-4H2,1-2H3,(H,15,16). The smallest absolute Gasteiger partial charge is 0.303 e. The van der Waals surface area contributed by atoms with Crippen molar-refractivity contribution in [1.82, 2.24) is 14.8 Å². The van der Waals surface area contributed by atoms with Crippen LogP contribution in [0.1, 0.15) is 17.8 Å². The summed E-state index contributed by atoms with van der Waals surface area (Å²) in [6, 6.07) is 0. The van der Waals surface area contributed by atoms with E-state index in [1.165, 1.54) is 11.3 Å². The molecule has 2 rings (SSSR count). The fourth-order valence-corrected chi connectivity index (χ4v) is 2.51. The molecule has 0 aliphatic rings. The van der Waals surface area contributed by atoms with Crippen LogP contribution in [0.25, 0.3) is 10.6 Å². The molecule has 0 bridgehead atoms. The fourth-order valence-electron chi connectivity index (χ4n) is 1.59. The van der Waals surface area contributed by atoms with Gasteiger partial charge in [-0.15, -0.1) is 11.3 Å². The topological polar surface area (TPSA) is 68.0 Å². The van der Waals surface area contributed by atoms with Crippen molar-refractivity contribution in [2.75, 3.05) is 0 Å². The Bertz CT molecular complexity index is 545. The lowest BCUT2D eigenvalue weighted by Crippen LogP contribution is -1.97. The highest BCUT2D eigenvalue weighted by molar-refractivity contribution is 7.13. The minimum Gasteiger partial charge on any atom is -0.481 e. The summed E-state index contributed by atoms with van der Waals surface area (Å²) < 4.78 is 1.75. The Balaban J connectivity index is 2.18. The number of carboxylic acid groups (broad SMARTS) is 1. The van der Waals surface area contributed by atoms with Crippen molar-refractivity contribution in [3.63, 3.8) is 0 Å². The third-order valence-electron chi connectivity index (χ3n) is 2.39. The lowest BCUT2D eigenvalue weighted by atomic mass is 10.2. The number of rotatable bonds is 4. The van der Waals surface area contributed by atoms with Gasteiger partial charge < -0.3 is 5.11 Å². The number of carboxylic acids is 1. The van der Waals surface area contributed by atoms with E-state index in [4.69, 9.17) is 5.11 Å². The molecule has 2 aromatic heterocycles. The Morgan fingerprint density at radius 3 is 2.94 bits per heavy atom. The molecular weight excluding hydrogens is 238 g/mol. The van der Waals surface area contributed by atoms with E-state index in [0.29, 0.717) is 6.42 Å². The van der Waals surface area contributed by atoms with E-state index in [9.17, 15) is 4.79 Å². The molecule has 0 aliphatic carbocycles. The van der Waals surface area contributed by atoms with Crippen molar-refractivity contribution in [2.45, 2.75) is 19.8 Å². The molecular formula is C11H13N3O2S. The van der Waals surface area contributed by atoms with E-state index in [1.54, 1.807) is 4.68 Å². The Morgan fingerprint density at radius 1 is 1.59 bits per heavy atom. The average molecular weight is 251 g/mol. The lowest BCUT2D eigenvalue weighted by Gasteiger charge is -1.92. The molecule has 0 aromatic carbocycles. The van der Waals surface area contributed by atoms with E-state index in [2.05, 4.69) is 10.1 Å². The number of thiazole rings is 1. The maximum Gasteiger partial charge on any atom is 0.303 e. The van der Waals surface area contributed by atoms with E-state index >= 15 is 0 Å². The van der Waals surface area contributed by atoms with Crippen molar-refractivity contribution >= 4 is 17.3 Å². The van der Waals surface area contributed by atoms with Gasteiger partial charge in [-0.1, -0.05) is 0 Å². The molecule has 0 fully saturated rings. The number of carbonyl (C=O) groups is 1. The summed E-state index contributed by atoms with van der Waals surface area (Å²) in [6.45, 7) is 1.94. The van der Waals surface area contributed by atoms with E-state index in [-0.39, 0.29) is 6.42 Å². The number of aryl methyl sites for hydroxylation is 3. The first-order chi connectivity index (χ1) is 8.06. The number of hydrogen-bond donors (Lipinski definition) is 1. The Morgan fingerprint density at radius 2 is 2.35 bits per heavy atom. The second-order valence-electron chi connectivity index (χ2n) is 3.84. The van der Waals surface area contributed by atoms with Gasteiger partial charge in [0, 0.05) is 25.0 Å². The Kier molecular flexibility index (Phi) is 3.23. The van der Waals surface area contributed by atoms with Crippen LogP contribution >= 0.6 is 11.3 Å². The molecule has 0 spiro atoms. The maximum absolute atomic E-state index is 10.5. The fraction of sp³-hybridized carbons (Fsp3) is 0.364. The molecule has 0 saturated heterocycles. The van der Waals surface area contributed by atoms with Crippen LogP contribution in [-0.4, -0.2) is 25.8 Å². The van der Waals surface area contributed by atoms with Gasteiger partial charge in [0.25, 0.3) is 0 Å². The van der Waals surface area contributed by atoms with Crippen LogP contribution in [0, 0.1) is 6.92 Å². The third-order valence-corrected chi connectivity index (χ3v) is 3.32. The largest absolute Gasteiger partial charge is 0.481 e. The van der Waals surface area contributed by atoms with Crippen molar-refractivity contribution < 1.29 is 9.90 Å². The average Bonchev–Trinajstić information content (AvgIpc) is 2.82. The molecule has 0 radical (unpaired) electrons. The molecule has 0 unspecified atom stereocenters. The third kappa shape index (κ3) is 2.71. The lowest BCUT2D eigenvalue weighted by molar-refractivity contribution is -0.136. The first-order valence-corrected chi connectivity index (χ1v) is 6.11. The van der Waals surface area contributed by atoms with Gasteiger partial charge in [-0.2, -0.15) is 5.10 Å².